The fourth-order valence-corrected chi connectivity index (χ4v) is 6.41. The first kappa shape index (κ1) is 33.5. The molecule has 0 radical (unpaired) electrons. The molecule has 0 aromatic heterocycles. The SMILES string of the molecule is Cc1ccc(N(Cc2ccccc2)c2ccc(N(Cc3ccccc3)c3ccc(C(=O)NN4CCc5cc(C(F)(F)F)ccc54)cc3)cc2)cc1. The summed E-state index contributed by atoms with van der Waals surface area (Å²) in [5.74, 6) is -0.331. The minimum Gasteiger partial charge on any atom is -0.337 e. The number of hydrazine groups is 1. The van der Waals surface area contributed by atoms with E-state index in [1.165, 1.54) is 17.2 Å². The van der Waals surface area contributed by atoms with Gasteiger partial charge in [0.25, 0.3) is 5.91 Å². The molecule has 1 heterocycles. The number of nitrogens with zero attached hydrogens (tertiary/aromatic N) is 3. The Kier molecular flexibility index (Phi) is 9.49. The second kappa shape index (κ2) is 14.5. The summed E-state index contributed by atoms with van der Waals surface area (Å²) in [7, 11) is 0. The summed E-state index contributed by atoms with van der Waals surface area (Å²) in [6.45, 7) is 3.82. The van der Waals surface area contributed by atoms with Crippen molar-refractivity contribution in [1.29, 1.82) is 0 Å². The molecular formula is C43H37F3N4O. The minimum atomic E-state index is -4.41. The number of aryl methyl sites for hydroxylation is 1. The summed E-state index contributed by atoms with van der Waals surface area (Å²) in [6.07, 6.45) is -3.99. The number of fused-ring (bicyclic) bond motifs is 1. The lowest BCUT2D eigenvalue weighted by Crippen LogP contribution is -2.41. The molecule has 51 heavy (non-hydrogen) atoms. The van der Waals surface area contributed by atoms with E-state index in [0.717, 1.165) is 47.0 Å². The molecule has 5 nitrogen and oxygen atoms in total. The van der Waals surface area contributed by atoms with Gasteiger partial charge in [0.2, 0.25) is 0 Å². The Balaban J connectivity index is 1.13. The van der Waals surface area contributed by atoms with E-state index in [-0.39, 0.29) is 5.91 Å². The number of rotatable bonds is 10. The molecule has 8 heteroatoms. The highest BCUT2D eigenvalue weighted by atomic mass is 19.4. The number of amides is 1. The normalized spacial score (nSPS) is 12.4. The molecule has 7 rings (SSSR count). The molecule has 6 aromatic carbocycles. The van der Waals surface area contributed by atoms with Crippen LogP contribution in [0.15, 0.2) is 152 Å². The van der Waals surface area contributed by atoms with Crippen molar-refractivity contribution in [3.8, 4) is 0 Å². The standard InChI is InChI=1S/C43H37F3N4O/c1-31-12-17-37(18-13-31)48(29-32-8-4-2-5-9-32)39-21-23-40(24-22-39)49(30-33-10-6-3-7-11-33)38-19-14-34(15-20-38)42(51)47-50-27-26-35-28-36(43(44,45)46)16-25-41(35)50/h2-25,28H,26-27,29-30H2,1H3,(H,47,51). The van der Waals surface area contributed by atoms with Crippen LogP contribution in [0.25, 0.3) is 0 Å². The third kappa shape index (κ3) is 7.75. The molecule has 0 unspecified atom stereocenters. The lowest BCUT2D eigenvalue weighted by Gasteiger charge is -2.28. The van der Waals surface area contributed by atoms with Crippen molar-refractivity contribution in [3.05, 3.63) is 185 Å². The van der Waals surface area contributed by atoms with E-state index in [0.29, 0.717) is 36.3 Å². The molecule has 0 aliphatic carbocycles. The first-order chi connectivity index (χ1) is 24.7. The van der Waals surface area contributed by atoms with Crippen molar-refractivity contribution >= 4 is 34.3 Å². The fourth-order valence-electron chi connectivity index (χ4n) is 6.41. The Morgan fingerprint density at radius 1 is 0.647 bits per heavy atom. The zero-order chi connectivity index (χ0) is 35.4. The van der Waals surface area contributed by atoms with Gasteiger partial charge in [0.1, 0.15) is 0 Å². The third-order valence-electron chi connectivity index (χ3n) is 9.17. The maximum absolute atomic E-state index is 13.3. The molecule has 256 valence electrons. The molecule has 0 saturated heterocycles. The summed E-state index contributed by atoms with van der Waals surface area (Å²) in [5, 5.41) is 1.62. The van der Waals surface area contributed by atoms with E-state index in [9.17, 15) is 18.0 Å². The van der Waals surface area contributed by atoms with E-state index in [4.69, 9.17) is 0 Å². The van der Waals surface area contributed by atoms with E-state index in [1.54, 1.807) is 17.1 Å². The van der Waals surface area contributed by atoms with Gasteiger partial charge in [-0.05, 0) is 109 Å². The molecule has 0 atom stereocenters. The van der Waals surface area contributed by atoms with Crippen LogP contribution < -0.4 is 20.2 Å². The topological polar surface area (TPSA) is 38.8 Å². The number of benzene rings is 6. The van der Waals surface area contributed by atoms with Crippen molar-refractivity contribution in [2.75, 3.05) is 21.4 Å². The molecule has 0 saturated carbocycles. The predicted octanol–water partition coefficient (Wildman–Crippen LogP) is 10.4. The van der Waals surface area contributed by atoms with Gasteiger partial charge in [-0.25, -0.2) is 0 Å². The summed E-state index contributed by atoms with van der Waals surface area (Å²) < 4.78 is 39.6. The maximum atomic E-state index is 13.3. The number of nitrogens with one attached hydrogen (secondary N) is 1. The zero-order valence-corrected chi connectivity index (χ0v) is 28.1. The van der Waals surface area contributed by atoms with Crippen LogP contribution in [0.4, 0.5) is 41.6 Å². The average molecular weight is 683 g/mol. The second-order valence-corrected chi connectivity index (χ2v) is 12.7. The number of anilines is 5. The Bertz CT molecular complexity index is 2080. The van der Waals surface area contributed by atoms with Gasteiger partial charge < -0.3 is 9.80 Å². The van der Waals surface area contributed by atoms with Gasteiger partial charge >= 0.3 is 6.18 Å². The number of carbonyl (C=O) groups is 1. The van der Waals surface area contributed by atoms with Gasteiger partial charge in [0.15, 0.2) is 0 Å². The highest BCUT2D eigenvalue weighted by Gasteiger charge is 2.32. The van der Waals surface area contributed by atoms with Crippen molar-refractivity contribution in [3.63, 3.8) is 0 Å². The molecule has 1 amide bonds. The summed E-state index contributed by atoms with van der Waals surface area (Å²) in [6, 6.07) is 48.8. The number of hydrogen-bond acceptors (Lipinski definition) is 4. The van der Waals surface area contributed by atoms with Gasteiger partial charge in [0, 0.05) is 47.9 Å². The van der Waals surface area contributed by atoms with Crippen LogP contribution in [-0.4, -0.2) is 12.5 Å². The van der Waals surface area contributed by atoms with Crippen LogP contribution in [0, 0.1) is 6.92 Å². The predicted molar refractivity (Wildman–Crippen MR) is 199 cm³/mol. The van der Waals surface area contributed by atoms with Crippen molar-refractivity contribution < 1.29 is 18.0 Å². The largest absolute Gasteiger partial charge is 0.416 e. The first-order valence-electron chi connectivity index (χ1n) is 16.9. The van der Waals surface area contributed by atoms with Gasteiger partial charge in [0.05, 0.1) is 11.3 Å². The number of carbonyl (C=O) groups excluding carboxylic acids is 1. The second-order valence-electron chi connectivity index (χ2n) is 12.7. The first-order valence-corrected chi connectivity index (χ1v) is 16.9. The number of alkyl halides is 3. The van der Waals surface area contributed by atoms with Gasteiger partial charge in [-0.15, -0.1) is 0 Å². The summed E-state index contributed by atoms with van der Waals surface area (Å²) >= 11 is 0. The Hall–Kier alpha value is -6.02. The average Bonchev–Trinajstić information content (AvgIpc) is 3.56. The Morgan fingerprint density at radius 3 is 1.61 bits per heavy atom. The highest BCUT2D eigenvalue weighted by Crippen LogP contribution is 2.36. The van der Waals surface area contributed by atoms with Gasteiger partial charge in [-0.2, -0.15) is 13.2 Å². The maximum Gasteiger partial charge on any atom is 0.416 e. The van der Waals surface area contributed by atoms with Crippen LogP contribution in [0.2, 0.25) is 0 Å². The van der Waals surface area contributed by atoms with Crippen LogP contribution in [0.5, 0.6) is 0 Å². The monoisotopic (exact) mass is 682 g/mol. The quantitative estimate of drug-likeness (QED) is 0.156. The summed E-state index contributed by atoms with van der Waals surface area (Å²) in [4.78, 5) is 17.8. The van der Waals surface area contributed by atoms with Crippen molar-refractivity contribution in [1.82, 2.24) is 5.43 Å². The lowest BCUT2D eigenvalue weighted by atomic mass is 10.1. The fraction of sp³-hybridized carbons (Fsp3) is 0.140. The zero-order valence-electron chi connectivity index (χ0n) is 28.1. The van der Waals surface area contributed by atoms with Crippen molar-refractivity contribution in [2.45, 2.75) is 32.6 Å². The van der Waals surface area contributed by atoms with Crippen LogP contribution in [-0.2, 0) is 25.7 Å². The van der Waals surface area contributed by atoms with Crippen LogP contribution >= 0.6 is 0 Å². The minimum absolute atomic E-state index is 0.331. The van der Waals surface area contributed by atoms with Gasteiger partial charge in [-0.1, -0.05) is 78.4 Å². The molecule has 6 aromatic rings. The number of halogens is 3. The van der Waals surface area contributed by atoms with E-state index >= 15 is 0 Å². The molecule has 1 N–H and O–H groups in total. The molecule has 0 fully saturated rings. The third-order valence-corrected chi connectivity index (χ3v) is 9.17. The Morgan fingerprint density at radius 2 is 1.12 bits per heavy atom. The van der Waals surface area contributed by atoms with E-state index in [2.05, 4.69) is 107 Å². The lowest BCUT2D eigenvalue weighted by molar-refractivity contribution is -0.137. The van der Waals surface area contributed by atoms with E-state index < -0.39 is 11.7 Å². The van der Waals surface area contributed by atoms with Crippen molar-refractivity contribution in [2.24, 2.45) is 0 Å². The molecular weight excluding hydrogens is 645 g/mol. The summed E-state index contributed by atoms with van der Waals surface area (Å²) in [5.41, 5.74) is 11.4. The number of hydrogen-bond donors (Lipinski definition) is 1. The van der Waals surface area contributed by atoms with Gasteiger partial charge in [-0.3, -0.25) is 15.2 Å². The van der Waals surface area contributed by atoms with E-state index in [1.807, 2.05) is 36.4 Å². The molecule has 1 aliphatic rings. The smallest absolute Gasteiger partial charge is 0.337 e. The molecule has 1 aliphatic heterocycles. The van der Waals surface area contributed by atoms with Crippen LogP contribution in [0.3, 0.4) is 0 Å². The molecule has 0 spiro atoms. The van der Waals surface area contributed by atoms with Crippen LogP contribution in [0.1, 0.15) is 38.2 Å². The Labute approximate surface area is 296 Å². The molecule has 0 bridgehead atoms. The highest BCUT2D eigenvalue weighted by molar-refractivity contribution is 5.95.